The van der Waals surface area contributed by atoms with Crippen LogP contribution in [-0.4, -0.2) is 29.2 Å². The van der Waals surface area contributed by atoms with Crippen LogP contribution in [0.25, 0.3) is 0 Å². The third kappa shape index (κ3) is 2.76. The maximum Gasteiger partial charge on any atom is 0.315 e. The number of carbonyl (C=O) groups is 2. The summed E-state index contributed by atoms with van der Waals surface area (Å²) in [5.41, 5.74) is -0.703. The molecular formula is C15H26N2O3. The van der Waals surface area contributed by atoms with Gasteiger partial charge in [-0.05, 0) is 38.0 Å². The number of hydrogen-bond donors (Lipinski definition) is 3. The Labute approximate surface area is 120 Å². The third-order valence-corrected chi connectivity index (χ3v) is 5.31. The fourth-order valence-electron chi connectivity index (χ4n) is 3.61. The van der Waals surface area contributed by atoms with E-state index in [-0.39, 0.29) is 23.5 Å². The Hall–Kier alpha value is -1.26. The van der Waals surface area contributed by atoms with Crippen molar-refractivity contribution in [1.82, 2.24) is 10.6 Å². The van der Waals surface area contributed by atoms with Gasteiger partial charge in [-0.2, -0.15) is 0 Å². The summed E-state index contributed by atoms with van der Waals surface area (Å²) in [7, 11) is 0. The van der Waals surface area contributed by atoms with Gasteiger partial charge < -0.3 is 15.7 Å². The molecule has 0 aromatic carbocycles. The van der Waals surface area contributed by atoms with Gasteiger partial charge in [-0.1, -0.05) is 26.7 Å². The van der Waals surface area contributed by atoms with E-state index in [9.17, 15) is 14.7 Å². The Morgan fingerprint density at radius 1 is 1.00 bits per heavy atom. The predicted molar refractivity (Wildman–Crippen MR) is 76.5 cm³/mol. The lowest BCUT2D eigenvalue weighted by atomic mass is 9.85. The Balaban J connectivity index is 1.93. The molecule has 0 aromatic rings. The molecule has 2 saturated carbocycles. The highest BCUT2D eigenvalue weighted by Gasteiger charge is 2.46. The molecule has 0 aliphatic heterocycles. The van der Waals surface area contributed by atoms with E-state index in [1.165, 1.54) is 0 Å². The number of aliphatic carboxylic acids is 1. The maximum absolute atomic E-state index is 12.1. The molecule has 0 aromatic heterocycles. The third-order valence-electron chi connectivity index (χ3n) is 5.31. The SMILES string of the molecule is CC1(C)CCCC1NC(=O)NC1CCCC1(C)C(=O)O. The molecule has 3 atom stereocenters. The molecule has 0 radical (unpaired) electrons. The van der Waals surface area contributed by atoms with E-state index in [0.29, 0.717) is 6.42 Å². The number of urea groups is 1. The minimum absolute atomic E-state index is 0.128. The second kappa shape index (κ2) is 5.26. The summed E-state index contributed by atoms with van der Waals surface area (Å²) < 4.78 is 0. The van der Waals surface area contributed by atoms with Crippen LogP contribution in [0.5, 0.6) is 0 Å². The molecule has 5 nitrogen and oxygen atoms in total. The van der Waals surface area contributed by atoms with Gasteiger partial charge in [0.15, 0.2) is 0 Å². The predicted octanol–water partition coefficient (Wildman–Crippen LogP) is 2.51. The molecule has 0 bridgehead atoms. The summed E-state index contributed by atoms with van der Waals surface area (Å²) >= 11 is 0. The molecule has 2 aliphatic carbocycles. The highest BCUT2D eigenvalue weighted by molar-refractivity contribution is 5.79. The standard InChI is InChI=1S/C15H26N2O3/c1-14(2)8-4-6-10(14)16-13(20)17-11-7-5-9-15(11,3)12(18)19/h10-11H,4-9H2,1-3H3,(H,18,19)(H2,16,17,20). The van der Waals surface area contributed by atoms with Crippen LogP contribution in [0.4, 0.5) is 4.79 Å². The number of carboxylic acids is 1. The number of rotatable bonds is 3. The van der Waals surface area contributed by atoms with Crippen LogP contribution < -0.4 is 10.6 Å². The largest absolute Gasteiger partial charge is 0.481 e. The maximum atomic E-state index is 12.1. The molecule has 3 unspecified atom stereocenters. The van der Waals surface area contributed by atoms with Gasteiger partial charge in [-0.25, -0.2) is 4.79 Å². The molecule has 2 rings (SSSR count). The van der Waals surface area contributed by atoms with Gasteiger partial charge in [0.1, 0.15) is 0 Å². The van der Waals surface area contributed by atoms with E-state index in [1.54, 1.807) is 6.92 Å². The first-order valence-corrected chi connectivity index (χ1v) is 7.56. The zero-order valence-corrected chi connectivity index (χ0v) is 12.7. The lowest BCUT2D eigenvalue weighted by Crippen LogP contribution is -2.53. The Morgan fingerprint density at radius 3 is 2.10 bits per heavy atom. The molecule has 0 heterocycles. The molecule has 2 amide bonds. The van der Waals surface area contributed by atoms with Crippen LogP contribution in [0, 0.1) is 10.8 Å². The summed E-state index contributed by atoms with van der Waals surface area (Å²) in [6.45, 7) is 6.07. The van der Waals surface area contributed by atoms with Crippen molar-refractivity contribution >= 4 is 12.0 Å². The fourth-order valence-corrected chi connectivity index (χ4v) is 3.61. The zero-order valence-electron chi connectivity index (χ0n) is 12.7. The van der Waals surface area contributed by atoms with Crippen molar-refractivity contribution < 1.29 is 14.7 Å². The second-order valence-electron chi connectivity index (χ2n) is 7.22. The molecule has 0 spiro atoms. The van der Waals surface area contributed by atoms with E-state index in [4.69, 9.17) is 0 Å². The number of hydrogen-bond acceptors (Lipinski definition) is 2. The topological polar surface area (TPSA) is 78.4 Å². The van der Waals surface area contributed by atoms with Gasteiger partial charge in [0.05, 0.1) is 5.41 Å². The van der Waals surface area contributed by atoms with Gasteiger partial charge in [0.2, 0.25) is 0 Å². The van der Waals surface area contributed by atoms with E-state index >= 15 is 0 Å². The molecule has 20 heavy (non-hydrogen) atoms. The molecular weight excluding hydrogens is 256 g/mol. The highest BCUT2D eigenvalue weighted by Crippen LogP contribution is 2.39. The minimum Gasteiger partial charge on any atom is -0.481 e. The average Bonchev–Trinajstić information content (AvgIpc) is 2.85. The van der Waals surface area contributed by atoms with Crippen LogP contribution in [-0.2, 0) is 4.79 Å². The molecule has 3 N–H and O–H groups in total. The van der Waals surface area contributed by atoms with Gasteiger partial charge >= 0.3 is 12.0 Å². The number of carboxylic acid groups (broad SMARTS) is 1. The van der Waals surface area contributed by atoms with E-state index in [2.05, 4.69) is 24.5 Å². The van der Waals surface area contributed by atoms with Crippen molar-refractivity contribution in [2.75, 3.05) is 0 Å². The Morgan fingerprint density at radius 2 is 1.55 bits per heavy atom. The summed E-state index contributed by atoms with van der Waals surface area (Å²) in [4.78, 5) is 23.5. The first kappa shape index (κ1) is 15.1. The van der Waals surface area contributed by atoms with Crippen molar-refractivity contribution in [2.45, 2.75) is 71.4 Å². The first-order chi connectivity index (χ1) is 9.25. The smallest absolute Gasteiger partial charge is 0.315 e. The number of amides is 2. The van der Waals surface area contributed by atoms with Crippen LogP contribution in [0.15, 0.2) is 0 Å². The Bertz CT molecular complexity index is 408. The summed E-state index contributed by atoms with van der Waals surface area (Å²) in [5.74, 6) is -0.818. The minimum atomic E-state index is -0.831. The molecule has 114 valence electrons. The van der Waals surface area contributed by atoms with Crippen LogP contribution in [0.1, 0.15) is 59.3 Å². The summed E-state index contributed by atoms with van der Waals surface area (Å²) in [6, 6.07) is -0.311. The van der Waals surface area contributed by atoms with Crippen molar-refractivity contribution in [3.63, 3.8) is 0 Å². The first-order valence-electron chi connectivity index (χ1n) is 7.56. The monoisotopic (exact) mass is 282 g/mol. The number of carbonyl (C=O) groups excluding carboxylic acids is 1. The van der Waals surface area contributed by atoms with Crippen molar-refractivity contribution in [2.24, 2.45) is 10.8 Å². The normalized spacial score (nSPS) is 35.8. The molecule has 5 heteroatoms. The van der Waals surface area contributed by atoms with Gasteiger partial charge in [-0.3, -0.25) is 4.79 Å². The number of nitrogens with one attached hydrogen (secondary N) is 2. The lowest BCUT2D eigenvalue weighted by molar-refractivity contribution is -0.148. The van der Waals surface area contributed by atoms with Crippen molar-refractivity contribution in [1.29, 1.82) is 0 Å². The molecule has 2 fully saturated rings. The van der Waals surface area contributed by atoms with Gasteiger partial charge in [-0.15, -0.1) is 0 Å². The van der Waals surface area contributed by atoms with Crippen molar-refractivity contribution in [3.8, 4) is 0 Å². The van der Waals surface area contributed by atoms with Crippen LogP contribution in [0.2, 0.25) is 0 Å². The summed E-state index contributed by atoms with van der Waals surface area (Å²) in [6.07, 6.45) is 5.47. The highest BCUT2D eigenvalue weighted by atomic mass is 16.4. The average molecular weight is 282 g/mol. The second-order valence-corrected chi connectivity index (χ2v) is 7.22. The Kier molecular flexibility index (Phi) is 3.98. The van der Waals surface area contributed by atoms with Gasteiger partial charge in [0.25, 0.3) is 0 Å². The molecule has 2 aliphatic rings. The van der Waals surface area contributed by atoms with Crippen LogP contribution in [0.3, 0.4) is 0 Å². The lowest BCUT2D eigenvalue weighted by Gasteiger charge is -2.31. The van der Waals surface area contributed by atoms with Gasteiger partial charge in [0, 0.05) is 12.1 Å². The molecule has 0 saturated heterocycles. The van der Waals surface area contributed by atoms with Crippen LogP contribution >= 0.6 is 0 Å². The fraction of sp³-hybridized carbons (Fsp3) is 0.867. The summed E-state index contributed by atoms with van der Waals surface area (Å²) in [5, 5.41) is 15.3. The van der Waals surface area contributed by atoms with E-state index in [0.717, 1.165) is 32.1 Å². The zero-order chi connectivity index (χ0) is 15.0. The quantitative estimate of drug-likeness (QED) is 0.744. The van der Waals surface area contributed by atoms with Crippen molar-refractivity contribution in [3.05, 3.63) is 0 Å². The van der Waals surface area contributed by atoms with E-state index in [1.807, 2.05) is 0 Å². The van der Waals surface area contributed by atoms with E-state index < -0.39 is 11.4 Å².